The van der Waals surface area contributed by atoms with E-state index >= 15 is 0 Å². The lowest BCUT2D eigenvalue weighted by Crippen LogP contribution is -2.45. The highest BCUT2D eigenvalue weighted by atomic mass is 32.2. The molecule has 9 heteroatoms. The van der Waals surface area contributed by atoms with Gasteiger partial charge in [-0.15, -0.1) is 0 Å². The molecule has 2 fully saturated rings. The standard InChI is InChI=1S/C22H24FN3O4S/c23-17-7-11-19(12-8-17)31(29,30)26-14-1-3-20(26)22(28)24-15-16-5-9-18(10-6-16)25-13-2-4-21(25)27/h5-12,20H,1-4,13-15H2,(H,24,28). The minimum Gasteiger partial charge on any atom is -0.351 e. The van der Waals surface area contributed by atoms with Crippen LogP contribution in [-0.4, -0.2) is 43.7 Å². The van der Waals surface area contributed by atoms with Crippen molar-refractivity contribution in [3.8, 4) is 0 Å². The van der Waals surface area contributed by atoms with Gasteiger partial charge in [-0.05, 0) is 61.2 Å². The smallest absolute Gasteiger partial charge is 0.243 e. The average Bonchev–Trinajstić information content (AvgIpc) is 3.42. The molecule has 2 aliphatic rings. The second-order valence-electron chi connectivity index (χ2n) is 7.76. The summed E-state index contributed by atoms with van der Waals surface area (Å²) >= 11 is 0. The third-order valence-corrected chi connectivity index (χ3v) is 7.64. The van der Waals surface area contributed by atoms with Gasteiger partial charge < -0.3 is 10.2 Å². The van der Waals surface area contributed by atoms with E-state index < -0.39 is 21.9 Å². The summed E-state index contributed by atoms with van der Waals surface area (Å²) in [4.78, 5) is 26.3. The van der Waals surface area contributed by atoms with E-state index in [2.05, 4.69) is 5.32 Å². The van der Waals surface area contributed by atoms with Crippen molar-refractivity contribution in [1.29, 1.82) is 0 Å². The van der Waals surface area contributed by atoms with E-state index in [0.29, 0.717) is 19.3 Å². The first-order valence-electron chi connectivity index (χ1n) is 10.3. The van der Waals surface area contributed by atoms with Crippen molar-refractivity contribution < 1.29 is 22.4 Å². The molecule has 1 N–H and O–H groups in total. The van der Waals surface area contributed by atoms with Crippen LogP contribution in [0.25, 0.3) is 0 Å². The molecule has 0 spiro atoms. The number of nitrogens with one attached hydrogen (secondary N) is 1. The van der Waals surface area contributed by atoms with Gasteiger partial charge in [-0.2, -0.15) is 4.31 Å². The number of amides is 2. The lowest BCUT2D eigenvalue weighted by atomic mass is 10.1. The SMILES string of the molecule is O=C(NCc1ccc(N2CCCC2=O)cc1)C1CCCN1S(=O)(=O)c1ccc(F)cc1. The Labute approximate surface area is 180 Å². The molecule has 2 heterocycles. The number of sulfonamides is 1. The summed E-state index contributed by atoms with van der Waals surface area (Å²) in [5.41, 5.74) is 1.69. The molecule has 31 heavy (non-hydrogen) atoms. The van der Waals surface area contributed by atoms with Crippen molar-refractivity contribution in [3.63, 3.8) is 0 Å². The van der Waals surface area contributed by atoms with E-state index in [0.717, 1.165) is 36.3 Å². The number of hydrogen-bond acceptors (Lipinski definition) is 4. The lowest BCUT2D eigenvalue weighted by molar-refractivity contribution is -0.124. The largest absolute Gasteiger partial charge is 0.351 e. The van der Waals surface area contributed by atoms with Gasteiger partial charge in [0.1, 0.15) is 11.9 Å². The Bertz CT molecular complexity index is 1070. The number of nitrogens with zero attached hydrogens (tertiary/aromatic N) is 2. The first-order valence-corrected chi connectivity index (χ1v) is 11.7. The van der Waals surface area contributed by atoms with Gasteiger partial charge in [0.25, 0.3) is 0 Å². The summed E-state index contributed by atoms with van der Waals surface area (Å²) in [6.45, 7) is 1.22. The first-order chi connectivity index (χ1) is 14.9. The minimum absolute atomic E-state index is 0.0272. The predicted molar refractivity (Wildman–Crippen MR) is 113 cm³/mol. The Morgan fingerprint density at radius 3 is 2.39 bits per heavy atom. The zero-order valence-electron chi connectivity index (χ0n) is 17.0. The van der Waals surface area contributed by atoms with Crippen LogP contribution in [0.2, 0.25) is 0 Å². The summed E-state index contributed by atoms with van der Waals surface area (Å²) in [5.74, 6) is -0.762. The third-order valence-electron chi connectivity index (χ3n) is 5.71. The number of benzene rings is 2. The maximum absolute atomic E-state index is 13.2. The maximum Gasteiger partial charge on any atom is 0.243 e. The van der Waals surface area contributed by atoms with Crippen LogP contribution < -0.4 is 10.2 Å². The van der Waals surface area contributed by atoms with Crippen LogP contribution in [0.3, 0.4) is 0 Å². The number of halogens is 1. The summed E-state index contributed by atoms with van der Waals surface area (Å²) in [6, 6.07) is 11.2. The Morgan fingerprint density at radius 1 is 1.03 bits per heavy atom. The second kappa shape index (κ2) is 8.76. The van der Waals surface area contributed by atoms with Crippen molar-refractivity contribution in [2.24, 2.45) is 0 Å². The molecule has 0 aliphatic carbocycles. The van der Waals surface area contributed by atoms with Gasteiger partial charge in [0.2, 0.25) is 21.8 Å². The van der Waals surface area contributed by atoms with Crippen LogP contribution in [0, 0.1) is 5.82 Å². The van der Waals surface area contributed by atoms with Crippen molar-refractivity contribution >= 4 is 27.5 Å². The average molecular weight is 446 g/mol. The Kier molecular flexibility index (Phi) is 6.06. The normalized spacial score (nSPS) is 19.7. The molecule has 2 aromatic carbocycles. The topological polar surface area (TPSA) is 86.8 Å². The van der Waals surface area contributed by atoms with Gasteiger partial charge in [-0.3, -0.25) is 9.59 Å². The van der Waals surface area contributed by atoms with Crippen LogP contribution >= 0.6 is 0 Å². The van der Waals surface area contributed by atoms with Crippen molar-refractivity contribution in [2.75, 3.05) is 18.0 Å². The van der Waals surface area contributed by atoms with E-state index in [-0.39, 0.29) is 29.8 Å². The molecule has 0 saturated carbocycles. The fraction of sp³-hybridized carbons (Fsp3) is 0.364. The number of hydrogen-bond donors (Lipinski definition) is 1. The molecule has 0 aromatic heterocycles. The van der Waals surface area contributed by atoms with Crippen LogP contribution in [-0.2, 0) is 26.2 Å². The van der Waals surface area contributed by atoms with Crippen LogP contribution in [0.1, 0.15) is 31.2 Å². The molecule has 0 radical (unpaired) electrons. The maximum atomic E-state index is 13.2. The number of carbonyl (C=O) groups excluding carboxylic acids is 2. The number of carbonyl (C=O) groups is 2. The number of rotatable bonds is 6. The van der Waals surface area contributed by atoms with E-state index in [9.17, 15) is 22.4 Å². The molecule has 1 unspecified atom stereocenters. The van der Waals surface area contributed by atoms with Gasteiger partial charge in [0, 0.05) is 31.7 Å². The molecule has 2 amide bonds. The lowest BCUT2D eigenvalue weighted by Gasteiger charge is -2.23. The zero-order valence-corrected chi connectivity index (χ0v) is 17.8. The second-order valence-corrected chi connectivity index (χ2v) is 9.65. The van der Waals surface area contributed by atoms with E-state index in [1.54, 1.807) is 4.90 Å². The van der Waals surface area contributed by atoms with Crippen molar-refractivity contribution in [2.45, 2.75) is 43.2 Å². The molecule has 7 nitrogen and oxygen atoms in total. The quantitative estimate of drug-likeness (QED) is 0.740. The fourth-order valence-electron chi connectivity index (χ4n) is 4.05. The molecule has 164 valence electrons. The van der Waals surface area contributed by atoms with Gasteiger partial charge in [0.05, 0.1) is 4.90 Å². The molecule has 0 bridgehead atoms. The van der Waals surface area contributed by atoms with E-state index in [1.165, 1.54) is 16.4 Å². The fourth-order valence-corrected chi connectivity index (χ4v) is 5.71. The third kappa shape index (κ3) is 4.47. The molecule has 2 saturated heterocycles. The summed E-state index contributed by atoms with van der Waals surface area (Å²) in [6.07, 6.45) is 2.44. The van der Waals surface area contributed by atoms with Crippen LogP contribution in [0.15, 0.2) is 53.4 Å². The molecular weight excluding hydrogens is 421 g/mol. The van der Waals surface area contributed by atoms with Crippen molar-refractivity contribution in [3.05, 3.63) is 59.9 Å². The highest BCUT2D eigenvalue weighted by Gasteiger charge is 2.39. The molecule has 1 atom stereocenters. The number of anilines is 1. The molecular formula is C22H24FN3O4S. The Balaban J connectivity index is 1.40. The zero-order chi connectivity index (χ0) is 22.0. The minimum atomic E-state index is -3.88. The Hall–Kier alpha value is -2.78. The van der Waals surface area contributed by atoms with E-state index in [4.69, 9.17) is 0 Å². The molecule has 4 rings (SSSR count). The highest BCUT2D eigenvalue weighted by molar-refractivity contribution is 7.89. The van der Waals surface area contributed by atoms with Crippen LogP contribution in [0.5, 0.6) is 0 Å². The Morgan fingerprint density at radius 2 is 1.74 bits per heavy atom. The summed E-state index contributed by atoms with van der Waals surface area (Å²) in [5, 5.41) is 2.82. The predicted octanol–water partition coefficient (Wildman–Crippen LogP) is 2.42. The summed E-state index contributed by atoms with van der Waals surface area (Å²) < 4.78 is 40.2. The van der Waals surface area contributed by atoms with Crippen molar-refractivity contribution in [1.82, 2.24) is 9.62 Å². The molecule has 2 aliphatic heterocycles. The van der Waals surface area contributed by atoms with Gasteiger partial charge in [-0.25, -0.2) is 12.8 Å². The molecule has 2 aromatic rings. The monoisotopic (exact) mass is 445 g/mol. The first kappa shape index (κ1) is 21.5. The van der Waals surface area contributed by atoms with E-state index in [1.807, 2.05) is 24.3 Å². The van der Waals surface area contributed by atoms with Gasteiger partial charge in [-0.1, -0.05) is 12.1 Å². The summed E-state index contributed by atoms with van der Waals surface area (Å²) in [7, 11) is -3.88. The van der Waals surface area contributed by atoms with Crippen LogP contribution in [0.4, 0.5) is 10.1 Å². The van der Waals surface area contributed by atoms with Gasteiger partial charge in [0.15, 0.2) is 0 Å². The highest BCUT2D eigenvalue weighted by Crippen LogP contribution is 2.27. The van der Waals surface area contributed by atoms with Gasteiger partial charge >= 0.3 is 0 Å².